The first-order chi connectivity index (χ1) is 14.0. The van der Waals surface area contributed by atoms with Gasteiger partial charge in [0.2, 0.25) is 5.95 Å². The number of nitrogens with one attached hydrogen (secondary N) is 2. The lowest BCUT2D eigenvalue weighted by Gasteiger charge is -2.01. The number of rotatable bonds is 5. The van der Waals surface area contributed by atoms with E-state index < -0.39 is 5.91 Å². The molecule has 9 heteroatoms. The lowest BCUT2D eigenvalue weighted by molar-refractivity contribution is 0.102. The molecule has 0 saturated carbocycles. The summed E-state index contributed by atoms with van der Waals surface area (Å²) in [5.74, 6) is -0.176. The van der Waals surface area contributed by atoms with Crippen molar-refractivity contribution in [1.29, 1.82) is 0 Å². The van der Waals surface area contributed by atoms with Gasteiger partial charge in [0.05, 0.1) is 22.3 Å². The first-order valence-corrected chi connectivity index (χ1v) is 9.51. The van der Waals surface area contributed by atoms with Crippen LogP contribution in [-0.4, -0.2) is 30.9 Å². The quantitative estimate of drug-likeness (QED) is 0.488. The zero-order valence-electron chi connectivity index (χ0n) is 15.4. The van der Waals surface area contributed by atoms with E-state index in [4.69, 9.17) is 23.2 Å². The predicted octanol–water partition coefficient (Wildman–Crippen LogP) is 4.58. The van der Waals surface area contributed by atoms with Gasteiger partial charge in [0.1, 0.15) is 12.0 Å². The molecule has 0 fully saturated rings. The van der Waals surface area contributed by atoms with E-state index in [0.29, 0.717) is 22.3 Å². The average Bonchev–Trinajstić information content (AvgIpc) is 3.36. The van der Waals surface area contributed by atoms with Crippen LogP contribution >= 0.6 is 23.2 Å². The van der Waals surface area contributed by atoms with Gasteiger partial charge in [-0.05, 0) is 30.7 Å². The SMILES string of the molecule is Cc1ccc(Cn2cnc(NC(=O)c3cc(-c4ccc(Cl)c(Cl)c4)n[nH]3)n2)cc1. The summed E-state index contributed by atoms with van der Waals surface area (Å²) in [6.45, 7) is 2.60. The van der Waals surface area contributed by atoms with Gasteiger partial charge in [0.15, 0.2) is 0 Å². The minimum Gasteiger partial charge on any atom is -0.288 e. The summed E-state index contributed by atoms with van der Waals surface area (Å²) in [4.78, 5) is 16.6. The summed E-state index contributed by atoms with van der Waals surface area (Å²) in [6, 6.07) is 14.9. The monoisotopic (exact) mass is 426 g/mol. The van der Waals surface area contributed by atoms with E-state index >= 15 is 0 Å². The molecule has 0 unspecified atom stereocenters. The highest BCUT2D eigenvalue weighted by Crippen LogP contribution is 2.27. The Bertz CT molecular complexity index is 1170. The number of benzene rings is 2. The molecule has 2 aromatic heterocycles. The van der Waals surface area contributed by atoms with Crippen LogP contribution in [0.1, 0.15) is 21.6 Å². The second-order valence-corrected chi connectivity index (χ2v) is 7.32. The van der Waals surface area contributed by atoms with Crippen molar-refractivity contribution in [3.63, 3.8) is 0 Å². The molecule has 146 valence electrons. The van der Waals surface area contributed by atoms with E-state index in [1.807, 2.05) is 31.2 Å². The fourth-order valence-corrected chi connectivity index (χ4v) is 3.02. The number of carbonyl (C=O) groups excluding carboxylic acids is 1. The molecule has 1 amide bonds. The van der Waals surface area contributed by atoms with Crippen molar-refractivity contribution in [1.82, 2.24) is 25.0 Å². The third kappa shape index (κ3) is 4.47. The number of aryl methyl sites for hydroxylation is 1. The van der Waals surface area contributed by atoms with Crippen LogP contribution in [0.3, 0.4) is 0 Å². The largest absolute Gasteiger partial charge is 0.288 e. The second kappa shape index (κ2) is 8.06. The number of anilines is 1. The molecule has 0 saturated heterocycles. The van der Waals surface area contributed by atoms with Crippen molar-refractivity contribution in [2.24, 2.45) is 0 Å². The predicted molar refractivity (Wildman–Crippen MR) is 112 cm³/mol. The number of hydrogen-bond acceptors (Lipinski definition) is 4. The molecule has 7 nitrogen and oxygen atoms in total. The van der Waals surface area contributed by atoms with Gasteiger partial charge in [-0.25, -0.2) is 9.67 Å². The molecule has 0 aliphatic rings. The molecule has 4 rings (SSSR count). The zero-order valence-corrected chi connectivity index (χ0v) is 16.9. The highest BCUT2D eigenvalue weighted by molar-refractivity contribution is 6.42. The molecule has 4 aromatic rings. The van der Waals surface area contributed by atoms with Crippen molar-refractivity contribution >= 4 is 35.1 Å². The molecular weight excluding hydrogens is 411 g/mol. The maximum atomic E-state index is 12.5. The number of aromatic nitrogens is 5. The lowest BCUT2D eigenvalue weighted by atomic mass is 10.1. The summed E-state index contributed by atoms with van der Waals surface area (Å²) < 4.78 is 1.66. The topological polar surface area (TPSA) is 88.5 Å². The fourth-order valence-electron chi connectivity index (χ4n) is 2.72. The van der Waals surface area contributed by atoms with E-state index in [0.717, 1.165) is 11.1 Å². The summed E-state index contributed by atoms with van der Waals surface area (Å²) in [6.07, 6.45) is 1.57. The van der Waals surface area contributed by atoms with Crippen molar-refractivity contribution in [2.45, 2.75) is 13.5 Å². The number of carbonyl (C=O) groups is 1. The number of halogens is 2. The molecule has 0 bridgehead atoms. The number of nitrogens with zero attached hydrogens (tertiary/aromatic N) is 4. The normalized spacial score (nSPS) is 10.9. The maximum absolute atomic E-state index is 12.5. The Labute approximate surface area is 176 Å². The minimum atomic E-state index is -0.392. The number of amides is 1. The number of aromatic amines is 1. The standard InChI is InChI=1S/C20H16Cl2N6O/c1-12-2-4-13(5-3-12)10-28-11-23-20(27-28)24-19(29)18-9-17(25-26-18)14-6-7-15(21)16(22)8-14/h2-9,11H,10H2,1H3,(H,25,26)(H,24,27,29). The van der Waals surface area contributed by atoms with Crippen molar-refractivity contribution in [3.05, 3.63) is 81.7 Å². The van der Waals surface area contributed by atoms with Gasteiger partial charge in [0.25, 0.3) is 5.91 Å². The van der Waals surface area contributed by atoms with Gasteiger partial charge < -0.3 is 0 Å². The van der Waals surface area contributed by atoms with Gasteiger partial charge in [0, 0.05) is 5.56 Å². The van der Waals surface area contributed by atoms with Crippen LogP contribution in [0.4, 0.5) is 5.95 Å². The van der Waals surface area contributed by atoms with Gasteiger partial charge >= 0.3 is 0 Å². The Hall–Kier alpha value is -3.16. The molecule has 0 aliphatic carbocycles. The highest BCUT2D eigenvalue weighted by Gasteiger charge is 2.14. The molecular formula is C20H16Cl2N6O. The lowest BCUT2D eigenvalue weighted by Crippen LogP contribution is -2.14. The third-order valence-corrected chi connectivity index (χ3v) is 5.00. The van der Waals surface area contributed by atoms with E-state index in [1.54, 1.807) is 35.3 Å². The molecule has 0 aliphatic heterocycles. The molecule has 0 radical (unpaired) electrons. The van der Waals surface area contributed by atoms with E-state index in [2.05, 4.69) is 25.6 Å². The third-order valence-electron chi connectivity index (χ3n) is 4.26. The van der Waals surface area contributed by atoms with Gasteiger partial charge in [-0.15, -0.1) is 5.10 Å². The van der Waals surface area contributed by atoms with Gasteiger partial charge in [-0.1, -0.05) is 59.1 Å². The summed E-state index contributed by atoms with van der Waals surface area (Å²) in [7, 11) is 0. The van der Waals surface area contributed by atoms with Crippen LogP contribution in [0.25, 0.3) is 11.3 Å². The Balaban J connectivity index is 1.43. The van der Waals surface area contributed by atoms with E-state index in [-0.39, 0.29) is 11.6 Å². The van der Waals surface area contributed by atoms with Crippen LogP contribution < -0.4 is 5.32 Å². The summed E-state index contributed by atoms with van der Waals surface area (Å²) in [5, 5.41) is 14.7. The zero-order chi connectivity index (χ0) is 20.4. The highest BCUT2D eigenvalue weighted by atomic mass is 35.5. The first-order valence-electron chi connectivity index (χ1n) is 8.75. The minimum absolute atomic E-state index is 0.216. The Kier molecular flexibility index (Phi) is 5.33. The molecule has 2 N–H and O–H groups in total. The smallest absolute Gasteiger partial charge is 0.276 e. The Morgan fingerprint density at radius 3 is 2.66 bits per heavy atom. The van der Waals surface area contributed by atoms with Crippen molar-refractivity contribution < 1.29 is 4.79 Å². The molecule has 0 spiro atoms. The van der Waals surface area contributed by atoms with E-state index in [1.165, 1.54) is 5.56 Å². The Morgan fingerprint density at radius 2 is 1.90 bits per heavy atom. The maximum Gasteiger partial charge on any atom is 0.276 e. The summed E-state index contributed by atoms with van der Waals surface area (Å²) >= 11 is 12.0. The summed E-state index contributed by atoms with van der Waals surface area (Å²) in [5.41, 5.74) is 3.89. The van der Waals surface area contributed by atoms with E-state index in [9.17, 15) is 4.79 Å². The molecule has 2 heterocycles. The van der Waals surface area contributed by atoms with Crippen molar-refractivity contribution in [2.75, 3.05) is 5.32 Å². The van der Waals surface area contributed by atoms with Crippen LogP contribution in [0, 0.1) is 6.92 Å². The molecule has 29 heavy (non-hydrogen) atoms. The average molecular weight is 427 g/mol. The molecule has 0 atom stereocenters. The second-order valence-electron chi connectivity index (χ2n) is 6.50. The van der Waals surface area contributed by atoms with Crippen LogP contribution in [0.15, 0.2) is 54.9 Å². The number of H-pyrrole nitrogens is 1. The number of hydrogen-bond donors (Lipinski definition) is 2. The van der Waals surface area contributed by atoms with Crippen LogP contribution in [0.2, 0.25) is 10.0 Å². The van der Waals surface area contributed by atoms with Gasteiger partial charge in [-0.2, -0.15) is 5.10 Å². The Morgan fingerprint density at radius 1 is 1.10 bits per heavy atom. The van der Waals surface area contributed by atoms with Crippen molar-refractivity contribution in [3.8, 4) is 11.3 Å². The van der Waals surface area contributed by atoms with Crippen LogP contribution in [-0.2, 0) is 6.54 Å². The fraction of sp³-hybridized carbons (Fsp3) is 0.100. The first kappa shape index (κ1) is 19.2. The molecule has 2 aromatic carbocycles. The van der Waals surface area contributed by atoms with Crippen LogP contribution in [0.5, 0.6) is 0 Å². The van der Waals surface area contributed by atoms with Gasteiger partial charge in [-0.3, -0.25) is 15.2 Å².